The van der Waals surface area contributed by atoms with Crippen LogP contribution in [0.15, 0.2) is 91.0 Å². The monoisotopic (exact) mass is 808 g/mol. The van der Waals surface area contributed by atoms with Crippen LogP contribution in [0.3, 0.4) is 0 Å². The van der Waals surface area contributed by atoms with Crippen LogP contribution in [0.25, 0.3) is 0 Å². The van der Waals surface area contributed by atoms with Gasteiger partial charge in [0.2, 0.25) is 29.5 Å². The topological polar surface area (TPSA) is 206 Å². The molecule has 3 aromatic rings. The van der Waals surface area contributed by atoms with Crippen molar-refractivity contribution < 1.29 is 24.0 Å². The van der Waals surface area contributed by atoms with Crippen LogP contribution in [0.4, 0.5) is 0 Å². The van der Waals surface area contributed by atoms with Gasteiger partial charge in [0.15, 0.2) is 0 Å². The molecule has 5 rings (SSSR count). The van der Waals surface area contributed by atoms with Gasteiger partial charge in [0.25, 0.3) is 0 Å². The minimum Gasteiger partial charge on any atom is -0.343 e. The lowest BCUT2D eigenvalue weighted by Gasteiger charge is -2.54. The summed E-state index contributed by atoms with van der Waals surface area (Å²) in [7, 11) is 0. The van der Waals surface area contributed by atoms with Gasteiger partial charge in [-0.15, -0.1) is 0 Å². The quantitative estimate of drug-likeness (QED) is 0.0934. The van der Waals surface area contributed by atoms with E-state index in [0.717, 1.165) is 29.5 Å². The summed E-state index contributed by atoms with van der Waals surface area (Å²) in [6.45, 7) is 6.64. The van der Waals surface area contributed by atoms with Gasteiger partial charge >= 0.3 is 0 Å². The second-order valence-corrected chi connectivity index (χ2v) is 16.9. The minimum absolute atomic E-state index is 0.0268. The number of rotatable bonds is 20. The van der Waals surface area contributed by atoms with Gasteiger partial charge in [-0.3, -0.25) is 24.0 Å². The van der Waals surface area contributed by atoms with E-state index < -0.39 is 47.9 Å². The van der Waals surface area contributed by atoms with Crippen LogP contribution in [-0.2, 0) is 43.2 Å². The number of amides is 5. The summed E-state index contributed by atoms with van der Waals surface area (Å²) in [5.41, 5.74) is 21.1. The Balaban J connectivity index is 1.20. The summed E-state index contributed by atoms with van der Waals surface area (Å²) >= 11 is 0. The van der Waals surface area contributed by atoms with Crippen molar-refractivity contribution in [2.45, 2.75) is 102 Å². The number of piperidine rings is 1. The molecule has 2 heterocycles. The molecule has 318 valence electrons. The van der Waals surface area contributed by atoms with E-state index >= 15 is 0 Å². The van der Waals surface area contributed by atoms with Crippen molar-refractivity contribution in [1.82, 2.24) is 25.8 Å². The number of benzene rings is 3. The molecule has 2 saturated heterocycles. The normalized spacial score (nSPS) is 17.3. The molecule has 2 aliphatic rings. The summed E-state index contributed by atoms with van der Waals surface area (Å²) in [6, 6.07) is 24.3. The third-order valence-corrected chi connectivity index (χ3v) is 11.6. The summed E-state index contributed by atoms with van der Waals surface area (Å²) in [5, 5.41) is 8.77. The van der Waals surface area contributed by atoms with Crippen molar-refractivity contribution in [3.8, 4) is 0 Å². The first-order valence-corrected chi connectivity index (χ1v) is 21.2. The largest absolute Gasteiger partial charge is 0.343 e. The van der Waals surface area contributed by atoms with Gasteiger partial charge in [-0.1, -0.05) is 105 Å². The molecular formula is C46H64N8O5. The standard InChI is InChI=1S/C46H64N8O5/c1-32(2)26-39(52-43(57)40(29-35-18-10-5-11-19-35)51-41(55)36(48)27-33-14-6-3-7-15-33)42(56)50-38(20-12-13-23-47)45(59)53-24-21-46(22-25-53)30-54(31-46)44(58)37(49)28-34-16-8-4-9-17-34/h3-11,14-19,32,36-40H,12-13,20-31,47-49H2,1-2H3,(H,50,56)(H,51,55)(H,52,57)/t36-,37-,38-,39?,40-/m1/s1. The number of likely N-dealkylation sites (tertiary alicyclic amines) is 2. The van der Waals surface area contributed by atoms with E-state index in [4.69, 9.17) is 17.2 Å². The molecule has 0 saturated carbocycles. The smallest absolute Gasteiger partial charge is 0.245 e. The van der Waals surface area contributed by atoms with E-state index in [1.165, 1.54) is 0 Å². The molecule has 59 heavy (non-hydrogen) atoms. The fourth-order valence-corrected chi connectivity index (χ4v) is 8.14. The highest BCUT2D eigenvalue weighted by Gasteiger charge is 2.48. The maximum Gasteiger partial charge on any atom is 0.245 e. The number of nitrogens with zero attached hydrogens (tertiary/aromatic N) is 2. The number of unbranched alkanes of at least 4 members (excludes halogenated alkanes) is 1. The van der Waals surface area contributed by atoms with Gasteiger partial charge in [0, 0.05) is 38.0 Å². The Morgan fingerprint density at radius 3 is 1.59 bits per heavy atom. The van der Waals surface area contributed by atoms with E-state index in [0.29, 0.717) is 71.2 Å². The Kier molecular flexibility index (Phi) is 16.6. The lowest BCUT2D eigenvalue weighted by molar-refractivity contribution is -0.152. The number of carbonyl (C=O) groups is 5. The SMILES string of the molecule is CC(C)CC(NC(=O)[C@@H](Cc1ccccc1)NC(=O)[C@H](N)Cc1ccccc1)C(=O)N[C@H](CCCCN)C(=O)N1CCC2(CC1)CN(C(=O)[C@H](N)Cc1ccccc1)C2. The molecule has 2 aliphatic heterocycles. The van der Waals surface area contributed by atoms with E-state index in [1.807, 2.05) is 115 Å². The molecular weight excluding hydrogens is 745 g/mol. The molecule has 13 nitrogen and oxygen atoms in total. The molecule has 5 amide bonds. The predicted octanol–water partition coefficient (Wildman–Crippen LogP) is 2.45. The molecule has 0 aromatic heterocycles. The van der Waals surface area contributed by atoms with Crippen molar-refractivity contribution in [2.24, 2.45) is 28.5 Å². The zero-order chi connectivity index (χ0) is 42.4. The molecule has 1 unspecified atom stereocenters. The Bertz CT molecular complexity index is 1810. The second kappa shape index (κ2) is 21.8. The maximum atomic E-state index is 14.1. The van der Waals surface area contributed by atoms with E-state index in [9.17, 15) is 24.0 Å². The fourth-order valence-electron chi connectivity index (χ4n) is 8.14. The average Bonchev–Trinajstić information content (AvgIpc) is 3.22. The molecule has 2 fully saturated rings. The van der Waals surface area contributed by atoms with Gasteiger partial charge in [-0.05, 0) is 80.5 Å². The predicted molar refractivity (Wildman–Crippen MR) is 229 cm³/mol. The Labute approximate surface area is 349 Å². The maximum absolute atomic E-state index is 14.1. The van der Waals surface area contributed by atoms with Gasteiger partial charge in [-0.25, -0.2) is 0 Å². The third kappa shape index (κ3) is 13.2. The Morgan fingerprint density at radius 1 is 0.593 bits per heavy atom. The van der Waals surface area contributed by atoms with Gasteiger partial charge in [-0.2, -0.15) is 0 Å². The third-order valence-electron chi connectivity index (χ3n) is 11.6. The van der Waals surface area contributed by atoms with Crippen LogP contribution in [0.2, 0.25) is 0 Å². The van der Waals surface area contributed by atoms with Crippen molar-refractivity contribution in [1.29, 1.82) is 0 Å². The summed E-state index contributed by atoms with van der Waals surface area (Å²) in [6.07, 6.45) is 4.51. The van der Waals surface area contributed by atoms with Crippen LogP contribution in [-0.4, -0.2) is 102 Å². The van der Waals surface area contributed by atoms with Crippen molar-refractivity contribution in [3.63, 3.8) is 0 Å². The van der Waals surface area contributed by atoms with E-state index in [-0.39, 0.29) is 29.6 Å². The molecule has 5 atom stereocenters. The molecule has 0 bridgehead atoms. The van der Waals surface area contributed by atoms with Crippen molar-refractivity contribution in [3.05, 3.63) is 108 Å². The van der Waals surface area contributed by atoms with Crippen LogP contribution in [0.5, 0.6) is 0 Å². The first-order chi connectivity index (χ1) is 28.4. The average molecular weight is 809 g/mol. The highest BCUT2D eigenvalue weighted by Crippen LogP contribution is 2.41. The van der Waals surface area contributed by atoms with Gasteiger partial charge in [0.1, 0.15) is 18.1 Å². The first kappa shape index (κ1) is 45.0. The summed E-state index contributed by atoms with van der Waals surface area (Å²) in [4.78, 5) is 72.4. The molecule has 3 aromatic carbocycles. The molecule has 0 radical (unpaired) electrons. The lowest BCUT2D eigenvalue weighted by Crippen LogP contribution is -2.65. The van der Waals surface area contributed by atoms with Gasteiger partial charge < -0.3 is 43.0 Å². The summed E-state index contributed by atoms with van der Waals surface area (Å²) < 4.78 is 0. The second-order valence-electron chi connectivity index (χ2n) is 16.9. The van der Waals surface area contributed by atoms with Crippen LogP contribution >= 0.6 is 0 Å². The number of hydrogen-bond donors (Lipinski definition) is 6. The van der Waals surface area contributed by atoms with Crippen LogP contribution in [0.1, 0.15) is 69.1 Å². The number of carbonyl (C=O) groups excluding carboxylic acids is 5. The Hall–Kier alpha value is -5.11. The number of nitrogens with one attached hydrogen (secondary N) is 3. The van der Waals surface area contributed by atoms with Crippen molar-refractivity contribution in [2.75, 3.05) is 32.7 Å². The fraction of sp³-hybridized carbons (Fsp3) is 0.500. The van der Waals surface area contributed by atoms with Crippen LogP contribution < -0.4 is 33.2 Å². The van der Waals surface area contributed by atoms with E-state index in [2.05, 4.69) is 16.0 Å². The first-order valence-electron chi connectivity index (χ1n) is 21.2. The van der Waals surface area contributed by atoms with Crippen molar-refractivity contribution >= 4 is 29.5 Å². The molecule has 9 N–H and O–H groups in total. The number of hydrogen-bond acceptors (Lipinski definition) is 8. The zero-order valence-electron chi connectivity index (χ0n) is 34.7. The highest BCUT2D eigenvalue weighted by molar-refractivity contribution is 5.95. The summed E-state index contributed by atoms with van der Waals surface area (Å²) in [5.74, 6) is -1.65. The number of nitrogens with two attached hydrogens (primary N) is 3. The highest BCUT2D eigenvalue weighted by atomic mass is 16.2. The molecule has 1 spiro atoms. The zero-order valence-corrected chi connectivity index (χ0v) is 34.7. The minimum atomic E-state index is -1.01. The van der Waals surface area contributed by atoms with Gasteiger partial charge in [0.05, 0.1) is 12.1 Å². The van der Waals surface area contributed by atoms with Crippen LogP contribution in [0, 0.1) is 11.3 Å². The lowest BCUT2D eigenvalue weighted by atomic mass is 9.71. The molecule has 13 heteroatoms. The molecule has 0 aliphatic carbocycles. The Morgan fingerprint density at radius 2 is 1.07 bits per heavy atom. The van der Waals surface area contributed by atoms with E-state index in [1.54, 1.807) is 0 Å².